The zero-order chi connectivity index (χ0) is 15.3. The number of benzene rings is 1. The molecule has 1 aromatic carbocycles. The number of hydrogen-bond donors (Lipinski definition) is 1. The van der Waals surface area contributed by atoms with Crippen LogP contribution in [0, 0.1) is 21.4 Å². The molecule has 7 nitrogen and oxygen atoms in total. The van der Waals surface area contributed by atoms with Crippen molar-refractivity contribution in [2.45, 2.75) is 32.9 Å². The van der Waals surface area contributed by atoms with E-state index in [1.54, 1.807) is 13.8 Å². The molecule has 0 aliphatic carbocycles. The SMILES string of the molecule is CC(C)NC(=O)C(C)Oc1ccc(C#N)cc1[N+](=O)[O-]. The Bertz CT molecular complexity index is 563. The predicted octanol–water partition coefficient (Wildman–Crippen LogP) is 1.76. The topological polar surface area (TPSA) is 105 Å². The van der Waals surface area contributed by atoms with Gasteiger partial charge in [0.25, 0.3) is 5.91 Å². The molecule has 1 aromatic rings. The minimum absolute atomic E-state index is 0.0413. The van der Waals surface area contributed by atoms with Gasteiger partial charge < -0.3 is 10.1 Å². The summed E-state index contributed by atoms with van der Waals surface area (Å²) in [5.41, 5.74) is -0.184. The second kappa shape index (κ2) is 6.52. The minimum Gasteiger partial charge on any atom is -0.474 e. The molecule has 0 saturated heterocycles. The van der Waals surface area contributed by atoms with Gasteiger partial charge in [-0.3, -0.25) is 14.9 Å². The van der Waals surface area contributed by atoms with Gasteiger partial charge in [-0.2, -0.15) is 5.26 Å². The average Bonchev–Trinajstić information content (AvgIpc) is 2.37. The fraction of sp³-hybridized carbons (Fsp3) is 0.385. The Balaban J connectivity index is 2.95. The highest BCUT2D eigenvalue weighted by Gasteiger charge is 2.22. The Hall–Kier alpha value is -2.62. The second-order valence-electron chi connectivity index (χ2n) is 4.47. The molecular formula is C13H15N3O4. The zero-order valence-corrected chi connectivity index (χ0v) is 11.4. The second-order valence-corrected chi connectivity index (χ2v) is 4.47. The number of rotatable bonds is 5. The zero-order valence-electron chi connectivity index (χ0n) is 11.4. The number of nitriles is 1. The molecule has 0 radical (unpaired) electrons. The lowest BCUT2D eigenvalue weighted by Gasteiger charge is -2.16. The molecule has 0 aliphatic rings. The first-order chi connectivity index (χ1) is 9.35. The molecule has 1 N–H and O–H groups in total. The summed E-state index contributed by atoms with van der Waals surface area (Å²) < 4.78 is 5.31. The molecule has 1 atom stereocenters. The standard InChI is InChI=1S/C13H15N3O4/c1-8(2)15-13(17)9(3)20-12-5-4-10(7-14)6-11(12)16(18)19/h4-6,8-9H,1-3H3,(H,15,17). The Morgan fingerprint density at radius 2 is 2.10 bits per heavy atom. The minimum atomic E-state index is -0.871. The highest BCUT2D eigenvalue weighted by Crippen LogP contribution is 2.28. The maximum atomic E-state index is 11.7. The van der Waals surface area contributed by atoms with Crippen molar-refractivity contribution in [2.24, 2.45) is 0 Å². The molecule has 0 heterocycles. The van der Waals surface area contributed by atoms with E-state index in [-0.39, 0.29) is 28.9 Å². The molecular weight excluding hydrogens is 262 g/mol. The van der Waals surface area contributed by atoms with Crippen LogP contribution in [0.2, 0.25) is 0 Å². The summed E-state index contributed by atoms with van der Waals surface area (Å²) in [6.45, 7) is 5.10. The number of nitro groups is 1. The largest absolute Gasteiger partial charge is 0.474 e. The van der Waals surface area contributed by atoms with Crippen molar-refractivity contribution < 1.29 is 14.5 Å². The quantitative estimate of drug-likeness (QED) is 0.652. The predicted molar refractivity (Wildman–Crippen MR) is 71.2 cm³/mol. The fourth-order valence-corrected chi connectivity index (χ4v) is 1.48. The van der Waals surface area contributed by atoms with Crippen molar-refractivity contribution in [3.8, 4) is 11.8 Å². The maximum absolute atomic E-state index is 11.7. The van der Waals surface area contributed by atoms with E-state index in [9.17, 15) is 14.9 Å². The van der Waals surface area contributed by atoms with Gasteiger partial charge in [-0.05, 0) is 32.9 Å². The van der Waals surface area contributed by atoms with E-state index in [2.05, 4.69) is 5.32 Å². The Morgan fingerprint density at radius 1 is 1.45 bits per heavy atom. The Morgan fingerprint density at radius 3 is 2.60 bits per heavy atom. The van der Waals surface area contributed by atoms with Crippen molar-refractivity contribution in [1.82, 2.24) is 5.32 Å². The first-order valence-corrected chi connectivity index (χ1v) is 6.00. The third kappa shape index (κ3) is 3.95. The summed E-state index contributed by atoms with van der Waals surface area (Å²) in [6, 6.07) is 5.59. The summed E-state index contributed by atoms with van der Waals surface area (Å²) >= 11 is 0. The number of amides is 1. The Labute approximate surface area is 116 Å². The van der Waals surface area contributed by atoms with E-state index in [0.29, 0.717) is 0 Å². The van der Waals surface area contributed by atoms with Crippen LogP contribution in [0.1, 0.15) is 26.3 Å². The average molecular weight is 277 g/mol. The number of nitro benzene ring substituents is 1. The molecule has 0 bridgehead atoms. The van der Waals surface area contributed by atoms with Crippen molar-refractivity contribution in [3.63, 3.8) is 0 Å². The van der Waals surface area contributed by atoms with Crippen LogP contribution in [-0.4, -0.2) is 23.0 Å². The van der Waals surface area contributed by atoms with E-state index in [1.165, 1.54) is 19.1 Å². The summed E-state index contributed by atoms with van der Waals surface area (Å²) in [4.78, 5) is 22.0. The van der Waals surface area contributed by atoms with Gasteiger partial charge in [0.2, 0.25) is 0 Å². The summed E-state index contributed by atoms with van der Waals surface area (Å²) in [6.07, 6.45) is -0.871. The number of nitrogens with zero attached hydrogens (tertiary/aromatic N) is 2. The molecule has 0 fully saturated rings. The van der Waals surface area contributed by atoms with Crippen LogP contribution in [0.3, 0.4) is 0 Å². The van der Waals surface area contributed by atoms with E-state index >= 15 is 0 Å². The summed E-state index contributed by atoms with van der Waals surface area (Å²) in [7, 11) is 0. The van der Waals surface area contributed by atoms with Gasteiger partial charge in [-0.15, -0.1) is 0 Å². The molecule has 1 unspecified atom stereocenters. The monoisotopic (exact) mass is 277 g/mol. The molecule has 0 saturated carbocycles. The van der Waals surface area contributed by atoms with Crippen molar-refractivity contribution in [2.75, 3.05) is 0 Å². The van der Waals surface area contributed by atoms with Crippen molar-refractivity contribution >= 4 is 11.6 Å². The van der Waals surface area contributed by atoms with Gasteiger partial charge in [0.15, 0.2) is 11.9 Å². The van der Waals surface area contributed by atoms with E-state index in [1.807, 2.05) is 6.07 Å². The molecule has 0 aromatic heterocycles. The van der Waals surface area contributed by atoms with Crippen LogP contribution in [0.15, 0.2) is 18.2 Å². The van der Waals surface area contributed by atoms with Gasteiger partial charge in [0, 0.05) is 12.1 Å². The smallest absolute Gasteiger partial charge is 0.312 e. The third-order valence-electron chi connectivity index (χ3n) is 2.39. The fourth-order valence-electron chi connectivity index (χ4n) is 1.48. The summed E-state index contributed by atoms with van der Waals surface area (Å²) in [5, 5.41) is 22.3. The molecule has 7 heteroatoms. The molecule has 20 heavy (non-hydrogen) atoms. The van der Waals surface area contributed by atoms with Crippen LogP contribution >= 0.6 is 0 Å². The van der Waals surface area contributed by atoms with Gasteiger partial charge in [0.1, 0.15) is 0 Å². The van der Waals surface area contributed by atoms with E-state index in [0.717, 1.165) is 6.07 Å². The number of carbonyl (C=O) groups excluding carboxylic acids is 1. The summed E-state index contributed by atoms with van der Waals surface area (Å²) in [5.74, 6) is -0.404. The van der Waals surface area contributed by atoms with E-state index < -0.39 is 11.0 Å². The molecule has 1 rings (SSSR count). The highest BCUT2D eigenvalue weighted by atomic mass is 16.6. The first kappa shape index (κ1) is 15.4. The van der Waals surface area contributed by atoms with Gasteiger partial charge in [-0.25, -0.2) is 0 Å². The highest BCUT2D eigenvalue weighted by molar-refractivity contribution is 5.81. The number of carbonyl (C=O) groups is 1. The van der Waals surface area contributed by atoms with Crippen molar-refractivity contribution in [1.29, 1.82) is 5.26 Å². The van der Waals surface area contributed by atoms with E-state index in [4.69, 9.17) is 10.00 Å². The van der Waals surface area contributed by atoms with Crippen LogP contribution < -0.4 is 10.1 Å². The maximum Gasteiger partial charge on any atom is 0.312 e. The Kier molecular flexibility index (Phi) is 5.03. The lowest BCUT2D eigenvalue weighted by atomic mass is 10.2. The van der Waals surface area contributed by atoms with Crippen LogP contribution in [0.25, 0.3) is 0 Å². The molecule has 0 aliphatic heterocycles. The van der Waals surface area contributed by atoms with Crippen LogP contribution in [0.5, 0.6) is 5.75 Å². The normalized spacial score (nSPS) is 11.6. The lowest BCUT2D eigenvalue weighted by Crippen LogP contribution is -2.40. The van der Waals surface area contributed by atoms with Crippen LogP contribution in [-0.2, 0) is 4.79 Å². The first-order valence-electron chi connectivity index (χ1n) is 6.00. The van der Waals surface area contributed by atoms with Gasteiger partial charge in [0.05, 0.1) is 16.6 Å². The lowest BCUT2D eigenvalue weighted by molar-refractivity contribution is -0.386. The molecule has 106 valence electrons. The third-order valence-corrected chi connectivity index (χ3v) is 2.39. The number of hydrogen-bond acceptors (Lipinski definition) is 5. The number of nitrogens with one attached hydrogen (secondary N) is 1. The van der Waals surface area contributed by atoms with Gasteiger partial charge >= 0.3 is 5.69 Å². The number of ether oxygens (including phenoxy) is 1. The molecule has 0 spiro atoms. The van der Waals surface area contributed by atoms with Gasteiger partial charge in [-0.1, -0.05) is 0 Å². The van der Waals surface area contributed by atoms with Crippen molar-refractivity contribution in [3.05, 3.63) is 33.9 Å². The molecule has 1 amide bonds. The van der Waals surface area contributed by atoms with Crippen LogP contribution in [0.4, 0.5) is 5.69 Å².